The van der Waals surface area contributed by atoms with Gasteiger partial charge in [0, 0.05) is 12.1 Å². The number of hydrogen-bond donors (Lipinski definition) is 3. The summed E-state index contributed by atoms with van der Waals surface area (Å²) in [6, 6.07) is 0.951. The van der Waals surface area contributed by atoms with Crippen LogP contribution >= 0.6 is 24.8 Å². The predicted molar refractivity (Wildman–Crippen MR) is 81.0 cm³/mol. The van der Waals surface area contributed by atoms with Gasteiger partial charge in [-0.3, -0.25) is 4.79 Å². The van der Waals surface area contributed by atoms with Crippen LogP contribution < -0.4 is 16.8 Å². The maximum Gasteiger partial charge on any atom is 0.253 e. The fraction of sp³-hybridized carbons (Fsp3) is 0.500. The molecule has 1 heterocycles. The van der Waals surface area contributed by atoms with Crippen LogP contribution in [0.5, 0.6) is 0 Å². The molecule has 9 heteroatoms. The number of halogens is 4. The second-order valence-corrected chi connectivity index (χ2v) is 4.78. The molecule has 1 aromatic heterocycles. The molecular weight excluding hydrogens is 325 g/mol. The zero-order valence-corrected chi connectivity index (χ0v) is 12.8. The molecule has 0 bridgehead atoms. The van der Waals surface area contributed by atoms with Gasteiger partial charge >= 0.3 is 0 Å². The van der Waals surface area contributed by atoms with Crippen LogP contribution in [-0.4, -0.2) is 23.0 Å². The lowest BCUT2D eigenvalue weighted by Crippen LogP contribution is -2.33. The lowest BCUT2D eigenvalue weighted by molar-refractivity contribution is 0.0995. The van der Waals surface area contributed by atoms with Crippen LogP contribution in [-0.2, 0) is 0 Å². The van der Waals surface area contributed by atoms with E-state index in [2.05, 4.69) is 10.3 Å². The third-order valence-corrected chi connectivity index (χ3v) is 3.31. The van der Waals surface area contributed by atoms with E-state index in [1.165, 1.54) is 0 Å². The Hall–Kier alpha value is -1.18. The summed E-state index contributed by atoms with van der Waals surface area (Å²) in [6.07, 6.45) is 3.23. The number of nitrogens with one attached hydrogen (secondary N) is 1. The summed E-state index contributed by atoms with van der Waals surface area (Å²) >= 11 is 0. The number of anilines is 1. The van der Waals surface area contributed by atoms with E-state index >= 15 is 0 Å². The van der Waals surface area contributed by atoms with Crippen molar-refractivity contribution < 1.29 is 13.6 Å². The Morgan fingerprint density at radius 1 is 1.24 bits per heavy atom. The Morgan fingerprint density at radius 2 is 1.81 bits per heavy atom. The third kappa shape index (κ3) is 4.94. The highest BCUT2D eigenvalue weighted by Gasteiger charge is 2.21. The van der Waals surface area contributed by atoms with Crippen molar-refractivity contribution in [2.45, 2.75) is 37.8 Å². The van der Waals surface area contributed by atoms with Crippen LogP contribution in [0, 0.1) is 11.8 Å². The molecule has 0 radical (unpaired) electrons. The first kappa shape index (κ1) is 19.8. The molecule has 0 spiro atoms. The second kappa shape index (κ2) is 8.31. The molecule has 1 fully saturated rings. The minimum Gasteiger partial charge on any atom is -0.365 e. The average Bonchev–Trinajstić information content (AvgIpc) is 2.35. The van der Waals surface area contributed by atoms with Crippen molar-refractivity contribution in [3.05, 3.63) is 23.4 Å². The zero-order chi connectivity index (χ0) is 14.0. The molecule has 2 rings (SSSR count). The second-order valence-electron chi connectivity index (χ2n) is 4.78. The van der Waals surface area contributed by atoms with Crippen molar-refractivity contribution in [1.29, 1.82) is 0 Å². The van der Waals surface area contributed by atoms with E-state index in [0.29, 0.717) is 0 Å². The van der Waals surface area contributed by atoms with Crippen LogP contribution in [0.3, 0.4) is 0 Å². The van der Waals surface area contributed by atoms with Crippen LogP contribution in [0.25, 0.3) is 0 Å². The summed E-state index contributed by atoms with van der Waals surface area (Å²) in [5.74, 6) is -3.09. The first-order valence-corrected chi connectivity index (χ1v) is 6.15. The van der Waals surface area contributed by atoms with Gasteiger partial charge in [0.1, 0.15) is 0 Å². The monoisotopic (exact) mass is 342 g/mol. The van der Waals surface area contributed by atoms with E-state index in [1.54, 1.807) is 0 Å². The number of carbonyl (C=O) groups excluding carboxylic acids is 1. The molecule has 0 atom stereocenters. The number of pyridine rings is 1. The number of carbonyl (C=O) groups is 1. The molecular formula is C12H18Cl2F2N4O. The van der Waals surface area contributed by atoms with Gasteiger partial charge in [-0.2, -0.15) is 9.37 Å². The number of nitrogens with zero attached hydrogens (tertiary/aromatic N) is 1. The van der Waals surface area contributed by atoms with Crippen molar-refractivity contribution in [1.82, 2.24) is 4.98 Å². The zero-order valence-electron chi connectivity index (χ0n) is 11.1. The van der Waals surface area contributed by atoms with Gasteiger partial charge in [0.05, 0.1) is 5.56 Å². The summed E-state index contributed by atoms with van der Waals surface area (Å²) < 4.78 is 27.2. The van der Waals surface area contributed by atoms with Gasteiger partial charge < -0.3 is 16.8 Å². The molecule has 1 aromatic rings. The van der Waals surface area contributed by atoms with Gasteiger partial charge in [-0.05, 0) is 31.7 Å². The summed E-state index contributed by atoms with van der Waals surface area (Å²) in [5, 5.41) is 2.84. The average molecular weight is 343 g/mol. The van der Waals surface area contributed by atoms with Crippen LogP contribution in [0.1, 0.15) is 36.0 Å². The Morgan fingerprint density at radius 3 is 2.33 bits per heavy atom. The van der Waals surface area contributed by atoms with E-state index in [-0.39, 0.29) is 42.7 Å². The molecule has 0 unspecified atom stereocenters. The van der Waals surface area contributed by atoms with Crippen LogP contribution in [0.4, 0.5) is 14.6 Å². The van der Waals surface area contributed by atoms with Crippen molar-refractivity contribution in [2.24, 2.45) is 11.5 Å². The smallest absolute Gasteiger partial charge is 0.253 e. The van der Waals surface area contributed by atoms with E-state index < -0.39 is 23.2 Å². The molecule has 0 aliphatic heterocycles. The third-order valence-electron chi connectivity index (χ3n) is 3.31. The number of rotatable bonds is 3. The first-order chi connectivity index (χ1) is 8.97. The van der Waals surface area contributed by atoms with Crippen molar-refractivity contribution >= 4 is 36.5 Å². The lowest BCUT2D eigenvalue weighted by Gasteiger charge is -2.27. The number of nitrogens with two attached hydrogens (primary N) is 2. The standard InChI is InChI=1S/C12H16F2N4O.2ClH/c13-9-5-8(11(16)19)10(14)18-12(9)17-7-3-1-6(15)2-4-7;;/h5-7H,1-4,15H2,(H2,16,19)(H,17,18);2*1H. The van der Waals surface area contributed by atoms with E-state index in [4.69, 9.17) is 11.5 Å². The fourth-order valence-corrected chi connectivity index (χ4v) is 2.20. The van der Waals surface area contributed by atoms with E-state index in [9.17, 15) is 13.6 Å². The molecule has 1 saturated carbocycles. The Bertz CT molecular complexity index is 496. The lowest BCUT2D eigenvalue weighted by atomic mass is 9.92. The highest BCUT2D eigenvalue weighted by atomic mass is 35.5. The minimum atomic E-state index is -1.07. The van der Waals surface area contributed by atoms with Gasteiger partial charge in [0.2, 0.25) is 5.95 Å². The molecule has 5 N–H and O–H groups in total. The molecule has 0 aromatic carbocycles. The number of amides is 1. The minimum absolute atomic E-state index is 0. The molecule has 1 amide bonds. The quantitative estimate of drug-likeness (QED) is 0.732. The molecule has 120 valence electrons. The Balaban J connectivity index is 0.00000200. The van der Waals surface area contributed by atoms with Gasteiger partial charge in [-0.15, -0.1) is 24.8 Å². The number of primary amides is 1. The molecule has 0 saturated heterocycles. The SMILES string of the molecule is Cl.Cl.NC(=O)c1cc(F)c(NC2CCC(N)CC2)nc1F. The molecule has 5 nitrogen and oxygen atoms in total. The molecule has 1 aliphatic rings. The van der Waals surface area contributed by atoms with Gasteiger partial charge in [0.25, 0.3) is 5.91 Å². The van der Waals surface area contributed by atoms with Gasteiger partial charge in [-0.1, -0.05) is 0 Å². The topological polar surface area (TPSA) is 94.0 Å². The molecule has 1 aliphatic carbocycles. The Labute approximate surface area is 133 Å². The number of hydrogen-bond acceptors (Lipinski definition) is 4. The number of aromatic nitrogens is 1. The summed E-state index contributed by atoms with van der Waals surface area (Å²) in [6.45, 7) is 0. The first-order valence-electron chi connectivity index (χ1n) is 6.15. The maximum absolute atomic E-state index is 13.7. The summed E-state index contributed by atoms with van der Waals surface area (Å²) in [7, 11) is 0. The van der Waals surface area contributed by atoms with Crippen LogP contribution in [0.2, 0.25) is 0 Å². The highest BCUT2D eigenvalue weighted by Crippen LogP contribution is 2.22. The van der Waals surface area contributed by atoms with Gasteiger partial charge in [-0.25, -0.2) is 4.39 Å². The molecule has 21 heavy (non-hydrogen) atoms. The summed E-state index contributed by atoms with van der Waals surface area (Å²) in [4.78, 5) is 14.3. The van der Waals surface area contributed by atoms with Crippen molar-refractivity contribution in [2.75, 3.05) is 5.32 Å². The largest absolute Gasteiger partial charge is 0.365 e. The highest BCUT2D eigenvalue weighted by molar-refractivity contribution is 5.92. The fourth-order valence-electron chi connectivity index (χ4n) is 2.20. The predicted octanol–water partition coefficient (Wildman–Crippen LogP) is 1.98. The van der Waals surface area contributed by atoms with E-state index in [1.807, 2.05) is 0 Å². The maximum atomic E-state index is 13.7. The normalized spacial score (nSPS) is 20.9. The Kier molecular flexibility index (Phi) is 7.84. The van der Waals surface area contributed by atoms with Crippen molar-refractivity contribution in [3.8, 4) is 0 Å². The summed E-state index contributed by atoms with van der Waals surface area (Å²) in [5.41, 5.74) is 10.1. The van der Waals surface area contributed by atoms with Crippen molar-refractivity contribution in [3.63, 3.8) is 0 Å². The van der Waals surface area contributed by atoms with Crippen LogP contribution in [0.15, 0.2) is 6.07 Å². The van der Waals surface area contributed by atoms with Gasteiger partial charge in [0.15, 0.2) is 11.6 Å². The van der Waals surface area contributed by atoms with E-state index in [0.717, 1.165) is 31.7 Å².